The molecule has 0 aliphatic carbocycles. The van der Waals surface area contributed by atoms with Gasteiger partial charge < -0.3 is 4.74 Å². The number of nitrogens with zero attached hydrogens (tertiary/aromatic N) is 1. The van der Waals surface area contributed by atoms with Crippen LogP contribution < -0.4 is 0 Å². The summed E-state index contributed by atoms with van der Waals surface area (Å²) >= 11 is 0. The van der Waals surface area contributed by atoms with E-state index >= 15 is 0 Å². The highest BCUT2D eigenvalue weighted by Crippen LogP contribution is 2.03. The predicted molar refractivity (Wildman–Crippen MR) is 67.3 cm³/mol. The van der Waals surface area contributed by atoms with Gasteiger partial charge >= 0.3 is 5.97 Å². The van der Waals surface area contributed by atoms with E-state index in [1.807, 2.05) is 13.0 Å². The fourth-order valence-electron chi connectivity index (χ4n) is 1.39. The van der Waals surface area contributed by atoms with Crippen molar-refractivity contribution in [3.63, 3.8) is 0 Å². The van der Waals surface area contributed by atoms with Crippen LogP contribution in [0.2, 0.25) is 0 Å². The van der Waals surface area contributed by atoms with Crippen molar-refractivity contribution >= 4 is 5.97 Å². The molecule has 0 N–H and O–H groups in total. The molecule has 0 aromatic carbocycles. The molecule has 1 atom stereocenters. The van der Waals surface area contributed by atoms with Crippen molar-refractivity contribution in [2.75, 3.05) is 26.2 Å². The van der Waals surface area contributed by atoms with Crippen LogP contribution in [-0.4, -0.2) is 37.1 Å². The van der Waals surface area contributed by atoms with Gasteiger partial charge in [0.25, 0.3) is 0 Å². The van der Waals surface area contributed by atoms with Crippen LogP contribution in [-0.2, 0) is 9.53 Å². The molecule has 3 heteroatoms. The Hall–Kier alpha value is -0.830. The van der Waals surface area contributed by atoms with Gasteiger partial charge in [-0.25, -0.2) is 4.79 Å². The smallest absolute Gasteiger partial charge is 0.330 e. The summed E-state index contributed by atoms with van der Waals surface area (Å²) < 4.78 is 4.82. The van der Waals surface area contributed by atoms with E-state index in [0.717, 1.165) is 19.6 Å². The second-order valence-electron chi connectivity index (χ2n) is 4.02. The fourth-order valence-corrected chi connectivity index (χ4v) is 1.39. The zero-order chi connectivity index (χ0) is 12.4. The summed E-state index contributed by atoms with van der Waals surface area (Å²) in [6, 6.07) is 0. The highest BCUT2D eigenvalue weighted by molar-refractivity contribution is 5.81. The molecule has 0 amide bonds. The molecule has 0 bridgehead atoms. The third kappa shape index (κ3) is 7.46. The molecule has 0 radical (unpaired) electrons. The van der Waals surface area contributed by atoms with Crippen molar-refractivity contribution in [3.05, 3.63) is 12.2 Å². The van der Waals surface area contributed by atoms with E-state index in [2.05, 4.69) is 25.7 Å². The second kappa shape index (κ2) is 9.40. The van der Waals surface area contributed by atoms with Crippen LogP contribution in [0.25, 0.3) is 0 Å². The lowest BCUT2D eigenvalue weighted by molar-refractivity contribution is -0.137. The van der Waals surface area contributed by atoms with E-state index in [-0.39, 0.29) is 5.97 Å². The molecule has 94 valence electrons. The first-order valence-electron chi connectivity index (χ1n) is 6.19. The first-order chi connectivity index (χ1) is 7.63. The Labute approximate surface area is 99.5 Å². The minimum absolute atomic E-state index is 0.248. The summed E-state index contributed by atoms with van der Waals surface area (Å²) in [7, 11) is 0. The van der Waals surface area contributed by atoms with Gasteiger partial charge in [0.2, 0.25) is 0 Å². The van der Waals surface area contributed by atoms with Gasteiger partial charge in [-0.3, -0.25) is 4.90 Å². The lowest BCUT2D eigenvalue weighted by Crippen LogP contribution is -2.28. The maximum atomic E-state index is 11.1. The van der Waals surface area contributed by atoms with Crippen molar-refractivity contribution in [2.45, 2.75) is 34.1 Å². The van der Waals surface area contributed by atoms with Crippen LogP contribution in [0.5, 0.6) is 0 Å². The number of esters is 1. The summed E-state index contributed by atoms with van der Waals surface area (Å²) in [5, 5.41) is 0. The lowest BCUT2D eigenvalue weighted by atomic mass is 10.1. The quantitative estimate of drug-likeness (QED) is 0.471. The van der Waals surface area contributed by atoms with Crippen LogP contribution in [0.15, 0.2) is 12.2 Å². The number of hydrogen-bond acceptors (Lipinski definition) is 3. The van der Waals surface area contributed by atoms with Crippen LogP contribution in [0.4, 0.5) is 0 Å². The van der Waals surface area contributed by atoms with Gasteiger partial charge in [-0.1, -0.05) is 33.3 Å². The zero-order valence-electron chi connectivity index (χ0n) is 11.0. The van der Waals surface area contributed by atoms with Crippen molar-refractivity contribution in [2.24, 2.45) is 5.92 Å². The van der Waals surface area contributed by atoms with Crippen LogP contribution in [0, 0.1) is 5.92 Å². The Morgan fingerprint density at radius 1 is 1.38 bits per heavy atom. The van der Waals surface area contributed by atoms with E-state index in [9.17, 15) is 4.79 Å². The Morgan fingerprint density at radius 2 is 2.06 bits per heavy atom. The number of carbonyl (C=O) groups excluding carboxylic acids is 1. The van der Waals surface area contributed by atoms with E-state index in [0.29, 0.717) is 12.5 Å². The lowest BCUT2D eigenvalue weighted by Gasteiger charge is -2.21. The SMILES string of the molecule is CCOC(=O)/C=C/CN(CC)CC(C)CC. The average molecular weight is 227 g/mol. The molecule has 3 nitrogen and oxygen atoms in total. The molecular formula is C13H25NO2. The largest absolute Gasteiger partial charge is 0.463 e. The Kier molecular flexibility index (Phi) is 8.91. The molecular weight excluding hydrogens is 202 g/mol. The highest BCUT2D eigenvalue weighted by atomic mass is 16.5. The Morgan fingerprint density at radius 3 is 2.56 bits per heavy atom. The van der Waals surface area contributed by atoms with Gasteiger partial charge in [0.05, 0.1) is 6.61 Å². The Bertz CT molecular complexity index is 214. The van der Waals surface area contributed by atoms with E-state index in [1.54, 1.807) is 0 Å². The van der Waals surface area contributed by atoms with Gasteiger partial charge in [-0.2, -0.15) is 0 Å². The first-order valence-corrected chi connectivity index (χ1v) is 6.19. The number of carbonyl (C=O) groups is 1. The highest BCUT2D eigenvalue weighted by Gasteiger charge is 2.05. The molecule has 0 heterocycles. The van der Waals surface area contributed by atoms with E-state index < -0.39 is 0 Å². The van der Waals surface area contributed by atoms with Gasteiger partial charge in [0, 0.05) is 19.2 Å². The maximum absolute atomic E-state index is 11.1. The Balaban J connectivity index is 3.90. The molecule has 0 aromatic heterocycles. The minimum atomic E-state index is -0.248. The van der Waals surface area contributed by atoms with Crippen LogP contribution in [0.1, 0.15) is 34.1 Å². The summed E-state index contributed by atoms with van der Waals surface area (Å²) in [5.74, 6) is 0.457. The van der Waals surface area contributed by atoms with Gasteiger partial charge in [0.1, 0.15) is 0 Å². The van der Waals surface area contributed by atoms with E-state index in [1.165, 1.54) is 12.5 Å². The molecule has 0 saturated carbocycles. The van der Waals surface area contributed by atoms with Gasteiger partial charge in [-0.15, -0.1) is 0 Å². The first kappa shape index (κ1) is 15.2. The zero-order valence-corrected chi connectivity index (χ0v) is 11.0. The normalized spacial score (nSPS) is 13.3. The van der Waals surface area contributed by atoms with Gasteiger partial charge in [0.15, 0.2) is 0 Å². The minimum Gasteiger partial charge on any atom is -0.463 e. The number of hydrogen-bond donors (Lipinski definition) is 0. The third-order valence-electron chi connectivity index (χ3n) is 2.62. The molecule has 1 unspecified atom stereocenters. The molecule has 16 heavy (non-hydrogen) atoms. The number of likely N-dealkylation sites (N-methyl/N-ethyl adjacent to an activating group) is 1. The second-order valence-corrected chi connectivity index (χ2v) is 4.02. The molecule has 0 aromatic rings. The molecule has 0 aliphatic heterocycles. The summed E-state index contributed by atoms with van der Waals surface area (Å²) in [6.07, 6.45) is 4.59. The standard InChI is InChI=1S/C13H25NO2/c1-5-12(4)11-14(6-2)10-8-9-13(15)16-7-3/h8-9,12H,5-7,10-11H2,1-4H3/b9-8+. The molecule has 0 rings (SSSR count). The topological polar surface area (TPSA) is 29.5 Å². The maximum Gasteiger partial charge on any atom is 0.330 e. The number of rotatable bonds is 8. The van der Waals surface area contributed by atoms with E-state index in [4.69, 9.17) is 4.74 Å². The van der Waals surface area contributed by atoms with Crippen LogP contribution >= 0.6 is 0 Å². The van der Waals surface area contributed by atoms with Crippen molar-refractivity contribution in [1.29, 1.82) is 0 Å². The summed E-state index contributed by atoms with van der Waals surface area (Å²) in [5.41, 5.74) is 0. The molecule has 0 aliphatic rings. The molecule has 0 spiro atoms. The van der Waals surface area contributed by atoms with Gasteiger partial charge in [-0.05, 0) is 19.4 Å². The third-order valence-corrected chi connectivity index (χ3v) is 2.62. The molecule has 0 fully saturated rings. The molecule has 0 saturated heterocycles. The fraction of sp³-hybridized carbons (Fsp3) is 0.769. The monoisotopic (exact) mass is 227 g/mol. The number of ether oxygens (including phenoxy) is 1. The van der Waals surface area contributed by atoms with Crippen molar-refractivity contribution in [3.8, 4) is 0 Å². The average Bonchev–Trinajstić information content (AvgIpc) is 2.27. The van der Waals surface area contributed by atoms with Crippen LogP contribution in [0.3, 0.4) is 0 Å². The van der Waals surface area contributed by atoms with Crippen molar-refractivity contribution in [1.82, 2.24) is 4.90 Å². The predicted octanol–water partition coefficient (Wildman–Crippen LogP) is 2.47. The summed E-state index contributed by atoms with van der Waals surface area (Å²) in [4.78, 5) is 13.4. The van der Waals surface area contributed by atoms with Crippen molar-refractivity contribution < 1.29 is 9.53 Å². The summed E-state index contributed by atoms with van der Waals surface area (Å²) in [6.45, 7) is 11.8.